The summed E-state index contributed by atoms with van der Waals surface area (Å²) in [4.78, 5) is 18.1. The molecule has 0 bridgehead atoms. The third-order valence-corrected chi connectivity index (χ3v) is 3.49. The van der Waals surface area contributed by atoms with Gasteiger partial charge in [0.15, 0.2) is 0 Å². The smallest absolute Gasteiger partial charge is 0.238 e. The molecule has 3 rings (SSSR count). The zero-order valence-electron chi connectivity index (χ0n) is 12.3. The molecule has 1 aliphatic rings. The number of hydrogen-bond acceptors (Lipinski definition) is 5. The molecule has 1 atom stereocenters. The summed E-state index contributed by atoms with van der Waals surface area (Å²) in [6, 6.07) is 5.51. The van der Waals surface area contributed by atoms with Crippen molar-refractivity contribution in [1.82, 2.24) is 19.7 Å². The van der Waals surface area contributed by atoms with Crippen LogP contribution in [0.15, 0.2) is 43.0 Å². The number of nitrogens with one attached hydrogen (secondary N) is 1. The first kappa shape index (κ1) is 14.7. The van der Waals surface area contributed by atoms with E-state index >= 15 is 0 Å². The fraction of sp³-hybridized carbons (Fsp3) is 0.400. The standard InChI is InChI=1S/C15H19N5O2/c21-15(18-13-3-1-4-16-9-13)12-19-7-8-22-14(10-19)11-20-6-2-5-17-20/h1-6,9,14H,7-8,10-12H2,(H,18,21)/t14-/m1/s1. The Labute approximate surface area is 128 Å². The van der Waals surface area contributed by atoms with Crippen LogP contribution in [0.1, 0.15) is 0 Å². The van der Waals surface area contributed by atoms with Crippen LogP contribution in [0.3, 0.4) is 0 Å². The van der Waals surface area contributed by atoms with Gasteiger partial charge >= 0.3 is 0 Å². The zero-order valence-corrected chi connectivity index (χ0v) is 12.3. The van der Waals surface area contributed by atoms with Crippen molar-refractivity contribution in [1.29, 1.82) is 0 Å². The number of pyridine rings is 1. The highest BCUT2D eigenvalue weighted by Gasteiger charge is 2.22. The van der Waals surface area contributed by atoms with E-state index in [2.05, 4.69) is 20.3 Å². The first-order chi connectivity index (χ1) is 10.8. The first-order valence-electron chi connectivity index (χ1n) is 7.31. The molecule has 116 valence electrons. The highest BCUT2D eigenvalue weighted by molar-refractivity contribution is 5.92. The summed E-state index contributed by atoms with van der Waals surface area (Å²) in [6.07, 6.45) is 7.04. The lowest BCUT2D eigenvalue weighted by Gasteiger charge is -2.32. The molecule has 0 saturated carbocycles. The lowest BCUT2D eigenvalue weighted by atomic mass is 10.2. The van der Waals surface area contributed by atoms with E-state index in [1.165, 1.54) is 0 Å². The van der Waals surface area contributed by atoms with Crippen LogP contribution in [0.4, 0.5) is 5.69 Å². The van der Waals surface area contributed by atoms with Crippen molar-refractivity contribution in [2.45, 2.75) is 12.6 Å². The van der Waals surface area contributed by atoms with E-state index in [1.54, 1.807) is 24.7 Å². The fourth-order valence-corrected chi connectivity index (χ4v) is 2.49. The quantitative estimate of drug-likeness (QED) is 0.876. The summed E-state index contributed by atoms with van der Waals surface area (Å²) in [5.74, 6) is -0.0345. The predicted molar refractivity (Wildman–Crippen MR) is 81.3 cm³/mol. The molecule has 1 N–H and O–H groups in total. The summed E-state index contributed by atoms with van der Waals surface area (Å²) in [6.45, 7) is 3.17. The summed E-state index contributed by atoms with van der Waals surface area (Å²) < 4.78 is 7.59. The molecule has 0 aliphatic carbocycles. The zero-order chi connectivity index (χ0) is 15.2. The minimum atomic E-state index is -0.0345. The van der Waals surface area contributed by atoms with Gasteiger partial charge in [-0.15, -0.1) is 0 Å². The molecule has 7 heteroatoms. The topological polar surface area (TPSA) is 72.3 Å². The van der Waals surface area contributed by atoms with Crippen molar-refractivity contribution in [3.63, 3.8) is 0 Å². The van der Waals surface area contributed by atoms with Crippen molar-refractivity contribution in [2.75, 3.05) is 31.6 Å². The maximum absolute atomic E-state index is 12.1. The Morgan fingerprint density at radius 2 is 2.36 bits per heavy atom. The number of rotatable bonds is 5. The van der Waals surface area contributed by atoms with Crippen LogP contribution in [-0.2, 0) is 16.1 Å². The highest BCUT2D eigenvalue weighted by Crippen LogP contribution is 2.08. The number of amides is 1. The molecule has 2 aromatic heterocycles. The molecular weight excluding hydrogens is 282 g/mol. The van der Waals surface area contributed by atoms with Gasteiger partial charge in [-0.1, -0.05) is 0 Å². The van der Waals surface area contributed by atoms with Gasteiger partial charge in [-0.05, 0) is 18.2 Å². The number of ether oxygens (including phenoxy) is 1. The maximum atomic E-state index is 12.1. The van der Waals surface area contributed by atoms with E-state index in [-0.39, 0.29) is 12.0 Å². The average molecular weight is 301 g/mol. The van der Waals surface area contributed by atoms with Crippen LogP contribution < -0.4 is 5.32 Å². The highest BCUT2D eigenvalue weighted by atomic mass is 16.5. The molecule has 7 nitrogen and oxygen atoms in total. The van der Waals surface area contributed by atoms with Gasteiger partial charge in [0.2, 0.25) is 5.91 Å². The van der Waals surface area contributed by atoms with Gasteiger partial charge in [0.05, 0.1) is 37.7 Å². The number of nitrogens with zero attached hydrogens (tertiary/aromatic N) is 4. The monoisotopic (exact) mass is 301 g/mol. The predicted octanol–water partition coefficient (Wildman–Crippen LogP) is 0.618. The molecule has 1 aliphatic heterocycles. The van der Waals surface area contributed by atoms with Crippen LogP contribution in [-0.4, -0.2) is 57.9 Å². The van der Waals surface area contributed by atoms with Crippen molar-refractivity contribution >= 4 is 11.6 Å². The van der Waals surface area contributed by atoms with Gasteiger partial charge in [-0.3, -0.25) is 19.4 Å². The van der Waals surface area contributed by atoms with E-state index < -0.39 is 0 Å². The van der Waals surface area contributed by atoms with E-state index in [9.17, 15) is 4.79 Å². The van der Waals surface area contributed by atoms with Crippen molar-refractivity contribution in [2.24, 2.45) is 0 Å². The lowest BCUT2D eigenvalue weighted by Crippen LogP contribution is -2.47. The van der Waals surface area contributed by atoms with Crippen LogP contribution in [0.2, 0.25) is 0 Å². The average Bonchev–Trinajstić information content (AvgIpc) is 3.01. The van der Waals surface area contributed by atoms with E-state index in [0.29, 0.717) is 25.4 Å². The van der Waals surface area contributed by atoms with Crippen LogP contribution in [0, 0.1) is 0 Å². The second kappa shape index (κ2) is 7.15. The molecule has 1 fully saturated rings. The Kier molecular flexibility index (Phi) is 4.77. The van der Waals surface area contributed by atoms with Crippen LogP contribution >= 0.6 is 0 Å². The molecule has 0 unspecified atom stereocenters. The number of hydrogen-bond donors (Lipinski definition) is 1. The molecule has 2 aromatic rings. The van der Waals surface area contributed by atoms with Gasteiger partial charge in [0, 0.05) is 31.7 Å². The number of carbonyl (C=O) groups excluding carboxylic acids is 1. The maximum Gasteiger partial charge on any atom is 0.238 e. The Morgan fingerprint density at radius 1 is 1.41 bits per heavy atom. The first-order valence-corrected chi connectivity index (χ1v) is 7.31. The Hall–Kier alpha value is -2.25. The Balaban J connectivity index is 1.48. The molecule has 22 heavy (non-hydrogen) atoms. The molecule has 0 aromatic carbocycles. The minimum Gasteiger partial charge on any atom is -0.374 e. The largest absolute Gasteiger partial charge is 0.374 e. The SMILES string of the molecule is O=C(CN1CCO[C@@H](Cn2cccn2)C1)Nc1cccnc1. The van der Waals surface area contributed by atoms with Gasteiger partial charge < -0.3 is 10.1 Å². The normalized spacial score (nSPS) is 19.0. The summed E-state index contributed by atoms with van der Waals surface area (Å²) in [5.41, 5.74) is 0.717. The number of morpholine rings is 1. The van der Waals surface area contributed by atoms with Crippen molar-refractivity contribution in [3.05, 3.63) is 43.0 Å². The minimum absolute atomic E-state index is 0.0345. The molecular formula is C15H19N5O2. The molecule has 0 radical (unpaired) electrons. The summed E-state index contributed by atoms with van der Waals surface area (Å²) in [7, 11) is 0. The van der Waals surface area contributed by atoms with Crippen molar-refractivity contribution in [3.8, 4) is 0 Å². The Bertz CT molecular complexity index is 587. The molecule has 0 spiro atoms. The second-order valence-electron chi connectivity index (χ2n) is 5.25. The fourth-order valence-electron chi connectivity index (χ4n) is 2.49. The van der Waals surface area contributed by atoms with Gasteiger partial charge in [0.25, 0.3) is 0 Å². The molecule has 1 saturated heterocycles. The molecule has 3 heterocycles. The lowest BCUT2D eigenvalue weighted by molar-refractivity contribution is -0.119. The molecule has 1 amide bonds. The van der Waals surface area contributed by atoms with Crippen molar-refractivity contribution < 1.29 is 9.53 Å². The van der Waals surface area contributed by atoms with Gasteiger partial charge in [-0.2, -0.15) is 5.10 Å². The second-order valence-corrected chi connectivity index (χ2v) is 5.25. The number of aromatic nitrogens is 3. The number of carbonyl (C=O) groups is 1. The van der Waals surface area contributed by atoms with Gasteiger partial charge in [0.1, 0.15) is 0 Å². The number of anilines is 1. The Morgan fingerprint density at radius 3 is 3.14 bits per heavy atom. The third-order valence-electron chi connectivity index (χ3n) is 3.49. The van der Waals surface area contributed by atoms with Crippen LogP contribution in [0.25, 0.3) is 0 Å². The van der Waals surface area contributed by atoms with E-state index in [1.807, 2.05) is 23.0 Å². The summed E-state index contributed by atoms with van der Waals surface area (Å²) >= 11 is 0. The van der Waals surface area contributed by atoms with E-state index in [0.717, 1.165) is 13.1 Å². The summed E-state index contributed by atoms with van der Waals surface area (Å²) in [5, 5.41) is 7.03. The van der Waals surface area contributed by atoms with E-state index in [4.69, 9.17) is 4.74 Å². The van der Waals surface area contributed by atoms with Crippen LogP contribution in [0.5, 0.6) is 0 Å². The van der Waals surface area contributed by atoms with Gasteiger partial charge in [-0.25, -0.2) is 0 Å². The third kappa shape index (κ3) is 4.12.